The lowest BCUT2D eigenvalue weighted by molar-refractivity contribution is -0.118. The van der Waals surface area contributed by atoms with E-state index in [9.17, 15) is 4.79 Å². The van der Waals surface area contributed by atoms with Gasteiger partial charge in [-0.15, -0.1) is 23.7 Å². The number of nitrogens with zero attached hydrogens (tertiary/aromatic N) is 2. The Balaban J connectivity index is 0.00000144. The lowest BCUT2D eigenvalue weighted by Gasteiger charge is -1.95. The van der Waals surface area contributed by atoms with E-state index in [4.69, 9.17) is 5.73 Å². The van der Waals surface area contributed by atoms with Gasteiger partial charge >= 0.3 is 0 Å². The van der Waals surface area contributed by atoms with E-state index >= 15 is 0 Å². The SMILES string of the molecule is CC(N)C(=O)N=c1sccn1C.Cl. The highest BCUT2D eigenvalue weighted by atomic mass is 35.5. The topological polar surface area (TPSA) is 60.4 Å². The third kappa shape index (κ3) is 3.30. The fourth-order valence-electron chi connectivity index (χ4n) is 0.631. The summed E-state index contributed by atoms with van der Waals surface area (Å²) < 4.78 is 1.78. The van der Waals surface area contributed by atoms with Crippen LogP contribution in [0.15, 0.2) is 16.6 Å². The van der Waals surface area contributed by atoms with Gasteiger partial charge in [-0.1, -0.05) is 0 Å². The first kappa shape index (κ1) is 12.3. The molecule has 0 radical (unpaired) electrons. The number of aromatic nitrogens is 1. The molecule has 1 rings (SSSR count). The molecule has 0 aliphatic carbocycles. The number of nitrogens with two attached hydrogens (primary N) is 1. The van der Waals surface area contributed by atoms with Crippen molar-refractivity contribution >= 4 is 29.7 Å². The number of halogens is 1. The maximum atomic E-state index is 11.1. The fraction of sp³-hybridized carbons (Fsp3) is 0.429. The summed E-state index contributed by atoms with van der Waals surface area (Å²) in [5.74, 6) is -0.284. The van der Waals surface area contributed by atoms with E-state index in [1.807, 2.05) is 18.6 Å². The summed E-state index contributed by atoms with van der Waals surface area (Å²) in [5.41, 5.74) is 5.35. The zero-order chi connectivity index (χ0) is 9.14. The van der Waals surface area contributed by atoms with Crippen molar-refractivity contribution in [1.82, 2.24) is 4.57 Å². The van der Waals surface area contributed by atoms with Crippen molar-refractivity contribution in [2.75, 3.05) is 0 Å². The highest BCUT2D eigenvalue weighted by Gasteiger charge is 2.04. The van der Waals surface area contributed by atoms with Gasteiger partial charge in [-0.2, -0.15) is 4.99 Å². The molecule has 1 heterocycles. The molecule has 0 aromatic carbocycles. The Morgan fingerprint density at radius 3 is 2.77 bits per heavy atom. The Labute approximate surface area is 86.5 Å². The standard InChI is InChI=1S/C7H11N3OS.ClH/c1-5(8)6(11)9-7-10(2)3-4-12-7;/h3-5H,8H2,1-2H3;1H. The smallest absolute Gasteiger partial charge is 0.264 e. The molecular formula is C7H12ClN3OS. The normalized spacial score (nSPS) is 13.6. The van der Waals surface area contributed by atoms with Crippen LogP contribution in [0.2, 0.25) is 0 Å². The predicted molar refractivity (Wildman–Crippen MR) is 54.8 cm³/mol. The van der Waals surface area contributed by atoms with Crippen LogP contribution in [-0.2, 0) is 11.8 Å². The number of amides is 1. The first-order valence-electron chi connectivity index (χ1n) is 3.55. The van der Waals surface area contributed by atoms with Crippen LogP contribution in [0.1, 0.15) is 6.92 Å². The molecule has 0 saturated carbocycles. The number of carbonyl (C=O) groups is 1. The summed E-state index contributed by atoms with van der Waals surface area (Å²) in [6.07, 6.45) is 1.85. The maximum Gasteiger partial charge on any atom is 0.264 e. The van der Waals surface area contributed by atoms with Crippen molar-refractivity contribution < 1.29 is 4.79 Å². The Bertz CT molecular complexity index is 342. The molecule has 0 bridgehead atoms. The largest absolute Gasteiger partial charge is 0.327 e. The van der Waals surface area contributed by atoms with Gasteiger partial charge in [0.05, 0.1) is 6.04 Å². The second kappa shape index (κ2) is 5.16. The minimum atomic E-state index is -0.521. The molecule has 74 valence electrons. The summed E-state index contributed by atoms with van der Waals surface area (Å²) in [7, 11) is 1.84. The number of hydrogen-bond acceptors (Lipinski definition) is 3. The average Bonchev–Trinajstić information content (AvgIpc) is 2.36. The van der Waals surface area contributed by atoms with Crippen molar-refractivity contribution in [1.29, 1.82) is 0 Å². The van der Waals surface area contributed by atoms with E-state index < -0.39 is 6.04 Å². The molecule has 1 amide bonds. The van der Waals surface area contributed by atoms with Gasteiger partial charge in [0.2, 0.25) is 0 Å². The second-order valence-electron chi connectivity index (χ2n) is 2.54. The Kier molecular flexibility index (Phi) is 4.90. The van der Waals surface area contributed by atoms with E-state index in [1.54, 1.807) is 11.5 Å². The average molecular weight is 222 g/mol. The Morgan fingerprint density at radius 1 is 1.77 bits per heavy atom. The van der Waals surface area contributed by atoms with Crippen LogP contribution < -0.4 is 10.5 Å². The molecule has 0 saturated heterocycles. The molecule has 4 nitrogen and oxygen atoms in total. The van der Waals surface area contributed by atoms with Crippen molar-refractivity contribution in [3.8, 4) is 0 Å². The van der Waals surface area contributed by atoms with E-state index in [-0.39, 0.29) is 18.3 Å². The van der Waals surface area contributed by atoms with Crippen LogP contribution in [0.3, 0.4) is 0 Å². The number of hydrogen-bond donors (Lipinski definition) is 1. The van der Waals surface area contributed by atoms with Gasteiger partial charge in [0.15, 0.2) is 4.80 Å². The van der Waals surface area contributed by atoms with Gasteiger partial charge in [0.1, 0.15) is 0 Å². The van der Waals surface area contributed by atoms with E-state index in [1.165, 1.54) is 11.3 Å². The molecule has 0 aliphatic rings. The molecule has 1 aromatic rings. The first-order valence-corrected chi connectivity index (χ1v) is 4.43. The van der Waals surface area contributed by atoms with Gasteiger partial charge in [0, 0.05) is 18.6 Å². The van der Waals surface area contributed by atoms with Crippen molar-refractivity contribution in [2.24, 2.45) is 17.8 Å². The zero-order valence-corrected chi connectivity index (χ0v) is 9.06. The lowest BCUT2D eigenvalue weighted by Crippen LogP contribution is -2.27. The van der Waals surface area contributed by atoms with Gasteiger partial charge in [0.25, 0.3) is 5.91 Å². The van der Waals surface area contributed by atoms with Crippen LogP contribution >= 0.6 is 23.7 Å². The fourth-order valence-corrected chi connectivity index (χ4v) is 1.37. The second-order valence-corrected chi connectivity index (χ2v) is 3.41. The third-order valence-electron chi connectivity index (χ3n) is 1.36. The number of aryl methyl sites for hydroxylation is 1. The van der Waals surface area contributed by atoms with Crippen LogP contribution in [0.25, 0.3) is 0 Å². The lowest BCUT2D eigenvalue weighted by atomic mass is 10.3. The number of rotatable bonds is 1. The van der Waals surface area contributed by atoms with Gasteiger partial charge in [-0.3, -0.25) is 4.79 Å². The highest BCUT2D eigenvalue weighted by Crippen LogP contribution is 1.87. The molecule has 0 fully saturated rings. The monoisotopic (exact) mass is 221 g/mol. The Hall–Kier alpha value is -0.650. The molecule has 0 spiro atoms. The summed E-state index contributed by atoms with van der Waals surface area (Å²) in [6, 6.07) is -0.521. The Morgan fingerprint density at radius 2 is 2.38 bits per heavy atom. The van der Waals surface area contributed by atoms with Crippen molar-refractivity contribution in [3.63, 3.8) is 0 Å². The summed E-state index contributed by atoms with van der Waals surface area (Å²) in [4.78, 5) is 15.6. The minimum absolute atomic E-state index is 0. The van der Waals surface area contributed by atoms with Crippen LogP contribution in [-0.4, -0.2) is 16.5 Å². The molecule has 1 unspecified atom stereocenters. The summed E-state index contributed by atoms with van der Waals surface area (Å²) in [5, 5.41) is 1.87. The highest BCUT2D eigenvalue weighted by molar-refractivity contribution is 7.07. The van der Waals surface area contributed by atoms with E-state index in [2.05, 4.69) is 4.99 Å². The van der Waals surface area contributed by atoms with Gasteiger partial charge in [-0.05, 0) is 6.92 Å². The molecule has 6 heteroatoms. The van der Waals surface area contributed by atoms with Crippen LogP contribution in [0, 0.1) is 0 Å². The van der Waals surface area contributed by atoms with Crippen molar-refractivity contribution in [3.05, 3.63) is 16.4 Å². The molecule has 1 atom stereocenters. The number of carbonyl (C=O) groups excluding carboxylic acids is 1. The first-order chi connectivity index (χ1) is 5.61. The zero-order valence-electron chi connectivity index (χ0n) is 7.43. The van der Waals surface area contributed by atoms with Crippen LogP contribution in [0.4, 0.5) is 0 Å². The number of thiazole rings is 1. The van der Waals surface area contributed by atoms with Gasteiger partial charge < -0.3 is 10.3 Å². The van der Waals surface area contributed by atoms with E-state index in [0.717, 1.165) is 0 Å². The van der Waals surface area contributed by atoms with Gasteiger partial charge in [-0.25, -0.2) is 0 Å². The third-order valence-corrected chi connectivity index (χ3v) is 2.20. The summed E-state index contributed by atoms with van der Waals surface area (Å²) in [6.45, 7) is 1.62. The quantitative estimate of drug-likeness (QED) is 0.741. The van der Waals surface area contributed by atoms with Crippen molar-refractivity contribution in [2.45, 2.75) is 13.0 Å². The molecule has 2 N–H and O–H groups in total. The summed E-state index contributed by atoms with van der Waals surface area (Å²) >= 11 is 1.42. The molecule has 0 aliphatic heterocycles. The molecular weight excluding hydrogens is 210 g/mol. The molecule has 13 heavy (non-hydrogen) atoms. The van der Waals surface area contributed by atoms with Crippen LogP contribution in [0.5, 0.6) is 0 Å². The maximum absolute atomic E-state index is 11.1. The predicted octanol–water partition coefficient (Wildman–Crippen LogP) is 0.283. The molecule has 1 aromatic heterocycles. The van der Waals surface area contributed by atoms with E-state index in [0.29, 0.717) is 4.80 Å². The minimum Gasteiger partial charge on any atom is -0.327 e.